The largest absolute Gasteiger partial charge is 0.394 e. The number of nitrogens with one attached hydrogen (secondary N) is 1. The fourth-order valence-electron chi connectivity index (χ4n) is 2.28. The van der Waals surface area contributed by atoms with Crippen molar-refractivity contribution < 1.29 is 9.13 Å². The Morgan fingerprint density at radius 3 is 2.96 bits per heavy atom. The molecule has 0 aromatic carbocycles. The number of nitrogens with zero attached hydrogens (tertiary/aromatic N) is 4. The van der Waals surface area contributed by atoms with Crippen LogP contribution in [-0.4, -0.2) is 39.1 Å². The van der Waals surface area contributed by atoms with Crippen molar-refractivity contribution in [1.82, 2.24) is 19.4 Å². The maximum absolute atomic E-state index is 13.5. The van der Waals surface area contributed by atoms with Crippen LogP contribution in [0.15, 0.2) is 30.7 Å². The molecule has 0 radical (unpaired) electrons. The minimum atomic E-state index is -0.362. The highest BCUT2D eigenvalue weighted by molar-refractivity contribution is 5.65. The van der Waals surface area contributed by atoms with E-state index in [0.29, 0.717) is 35.3 Å². The van der Waals surface area contributed by atoms with Gasteiger partial charge in [-0.1, -0.05) is 0 Å². The van der Waals surface area contributed by atoms with E-state index in [1.165, 1.54) is 18.5 Å². The lowest BCUT2D eigenvalue weighted by molar-refractivity contribution is 0.190. The molecule has 120 valence electrons. The van der Waals surface area contributed by atoms with Crippen molar-refractivity contribution in [2.45, 2.75) is 13.0 Å². The van der Waals surface area contributed by atoms with E-state index in [0.717, 1.165) is 0 Å². The molecular weight excluding hydrogens is 299 g/mol. The van der Waals surface area contributed by atoms with Gasteiger partial charge in [0.2, 0.25) is 0 Å². The molecule has 3 aromatic heterocycles. The van der Waals surface area contributed by atoms with Crippen molar-refractivity contribution in [1.29, 1.82) is 0 Å². The number of pyridine rings is 1. The number of hydrogen-bond acceptors (Lipinski definition) is 6. The third-order valence-electron chi connectivity index (χ3n) is 3.32. The van der Waals surface area contributed by atoms with Crippen molar-refractivity contribution in [3.8, 4) is 11.5 Å². The van der Waals surface area contributed by atoms with Crippen LogP contribution in [0.4, 0.5) is 15.9 Å². The first-order valence-corrected chi connectivity index (χ1v) is 7.09. The maximum Gasteiger partial charge on any atom is 0.180 e. The van der Waals surface area contributed by atoms with Gasteiger partial charge in [-0.3, -0.25) is 4.40 Å². The Kier molecular flexibility index (Phi) is 4.07. The second-order valence-electron chi connectivity index (χ2n) is 5.22. The number of imidazole rings is 1. The highest BCUT2D eigenvalue weighted by Crippen LogP contribution is 2.22. The van der Waals surface area contributed by atoms with Crippen molar-refractivity contribution in [2.75, 3.05) is 24.8 Å². The summed E-state index contributed by atoms with van der Waals surface area (Å²) < 4.78 is 20.2. The summed E-state index contributed by atoms with van der Waals surface area (Å²) in [6.45, 7) is 2.47. The Morgan fingerprint density at radius 1 is 1.35 bits per heavy atom. The number of anilines is 2. The molecule has 1 atom stereocenters. The summed E-state index contributed by atoms with van der Waals surface area (Å²) in [6.07, 6.45) is 4.46. The van der Waals surface area contributed by atoms with Gasteiger partial charge in [-0.2, -0.15) is 0 Å². The van der Waals surface area contributed by atoms with Crippen LogP contribution in [0.1, 0.15) is 6.92 Å². The molecule has 0 aliphatic carbocycles. The molecule has 3 rings (SSSR count). The van der Waals surface area contributed by atoms with Crippen molar-refractivity contribution in [3.63, 3.8) is 0 Å². The fourth-order valence-corrected chi connectivity index (χ4v) is 2.28. The lowest BCUT2D eigenvalue weighted by Crippen LogP contribution is -2.22. The highest BCUT2D eigenvalue weighted by Gasteiger charge is 2.13. The number of aromatic nitrogens is 4. The van der Waals surface area contributed by atoms with Crippen LogP contribution >= 0.6 is 0 Å². The van der Waals surface area contributed by atoms with E-state index in [1.807, 2.05) is 6.92 Å². The second-order valence-corrected chi connectivity index (χ2v) is 5.22. The Bertz CT molecular complexity index is 834. The van der Waals surface area contributed by atoms with Gasteiger partial charge in [0.25, 0.3) is 0 Å². The van der Waals surface area contributed by atoms with Gasteiger partial charge in [0.1, 0.15) is 17.2 Å². The Balaban J connectivity index is 2.00. The zero-order valence-corrected chi connectivity index (χ0v) is 12.8. The Labute approximate surface area is 132 Å². The van der Waals surface area contributed by atoms with Crippen LogP contribution in [0.5, 0.6) is 0 Å². The van der Waals surface area contributed by atoms with Gasteiger partial charge in [-0.25, -0.2) is 19.3 Å². The van der Waals surface area contributed by atoms with Gasteiger partial charge in [0, 0.05) is 19.3 Å². The first kappa shape index (κ1) is 15.2. The molecule has 3 N–H and O–H groups in total. The summed E-state index contributed by atoms with van der Waals surface area (Å²) >= 11 is 0. The van der Waals surface area contributed by atoms with E-state index in [9.17, 15) is 4.39 Å². The highest BCUT2D eigenvalue weighted by atomic mass is 19.1. The SMILES string of the molecule is COCC(C)Nc1nc(-c2cnc3ccc(F)cn23)ncc1N. The zero-order valence-electron chi connectivity index (χ0n) is 12.8. The fraction of sp³-hybridized carbons (Fsp3) is 0.267. The first-order valence-electron chi connectivity index (χ1n) is 7.09. The summed E-state index contributed by atoms with van der Waals surface area (Å²) in [5, 5.41) is 3.17. The second kappa shape index (κ2) is 6.17. The van der Waals surface area contributed by atoms with Gasteiger partial charge in [0.15, 0.2) is 11.6 Å². The van der Waals surface area contributed by atoms with Crippen LogP contribution in [0, 0.1) is 5.82 Å². The zero-order chi connectivity index (χ0) is 16.4. The van der Waals surface area contributed by atoms with Crippen molar-refractivity contribution in [2.24, 2.45) is 0 Å². The Hall–Kier alpha value is -2.74. The van der Waals surface area contributed by atoms with Crippen molar-refractivity contribution in [3.05, 3.63) is 36.5 Å². The molecule has 0 aliphatic heterocycles. The number of fused-ring (bicyclic) bond motifs is 1. The molecule has 7 nitrogen and oxygen atoms in total. The number of hydrogen-bond donors (Lipinski definition) is 2. The van der Waals surface area contributed by atoms with Gasteiger partial charge in [-0.15, -0.1) is 0 Å². The quantitative estimate of drug-likeness (QED) is 0.748. The molecule has 0 amide bonds. The number of ether oxygens (including phenoxy) is 1. The van der Waals surface area contributed by atoms with Crippen LogP contribution in [0.2, 0.25) is 0 Å². The van der Waals surface area contributed by atoms with E-state index in [4.69, 9.17) is 10.5 Å². The topological polar surface area (TPSA) is 90.4 Å². The molecule has 0 saturated carbocycles. The summed E-state index contributed by atoms with van der Waals surface area (Å²) in [6, 6.07) is 2.98. The summed E-state index contributed by atoms with van der Waals surface area (Å²) in [7, 11) is 1.62. The van der Waals surface area contributed by atoms with Gasteiger partial charge < -0.3 is 15.8 Å². The summed E-state index contributed by atoms with van der Waals surface area (Å²) in [5.41, 5.74) is 7.54. The maximum atomic E-state index is 13.5. The molecule has 3 aromatic rings. The van der Waals surface area contributed by atoms with E-state index >= 15 is 0 Å². The predicted molar refractivity (Wildman–Crippen MR) is 85.5 cm³/mol. The number of nitrogens with two attached hydrogens (primary N) is 1. The third kappa shape index (κ3) is 3.07. The smallest absolute Gasteiger partial charge is 0.180 e. The monoisotopic (exact) mass is 316 g/mol. The van der Waals surface area contributed by atoms with E-state index in [-0.39, 0.29) is 11.9 Å². The number of methoxy groups -OCH3 is 1. The molecule has 0 aliphatic rings. The third-order valence-corrected chi connectivity index (χ3v) is 3.32. The van der Waals surface area contributed by atoms with Crippen LogP contribution in [-0.2, 0) is 4.74 Å². The minimum absolute atomic E-state index is 0.0321. The summed E-state index contributed by atoms with van der Waals surface area (Å²) in [4.78, 5) is 12.9. The van der Waals surface area contributed by atoms with E-state index in [1.54, 1.807) is 23.8 Å². The lowest BCUT2D eigenvalue weighted by atomic mass is 10.3. The predicted octanol–water partition coefficient (Wildman–Crippen LogP) is 1.96. The number of halogens is 1. The standard InChI is InChI=1S/C15H17FN6O/c1-9(8-23-2)20-14-11(17)5-19-15(21-14)12-6-18-13-4-3-10(16)7-22(12)13/h3-7,9H,8,17H2,1-2H3,(H,19,20,21). The van der Waals surface area contributed by atoms with E-state index < -0.39 is 0 Å². The van der Waals surface area contributed by atoms with Crippen LogP contribution in [0.3, 0.4) is 0 Å². The number of nitrogen functional groups attached to an aromatic ring is 1. The molecule has 1 unspecified atom stereocenters. The average molecular weight is 316 g/mol. The molecule has 8 heteroatoms. The van der Waals surface area contributed by atoms with Crippen LogP contribution in [0.25, 0.3) is 17.2 Å². The molecule has 0 spiro atoms. The minimum Gasteiger partial charge on any atom is -0.394 e. The van der Waals surface area contributed by atoms with E-state index in [2.05, 4.69) is 20.3 Å². The van der Waals surface area contributed by atoms with Gasteiger partial charge in [-0.05, 0) is 19.1 Å². The molecule has 0 bridgehead atoms. The van der Waals surface area contributed by atoms with Crippen molar-refractivity contribution >= 4 is 17.2 Å². The first-order chi connectivity index (χ1) is 11.1. The molecule has 23 heavy (non-hydrogen) atoms. The molecule has 0 saturated heterocycles. The van der Waals surface area contributed by atoms with Gasteiger partial charge >= 0.3 is 0 Å². The summed E-state index contributed by atoms with van der Waals surface area (Å²) in [5.74, 6) is 0.551. The lowest BCUT2D eigenvalue weighted by Gasteiger charge is -2.15. The normalized spacial score (nSPS) is 12.5. The average Bonchev–Trinajstić information content (AvgIpc) is 2.93. The molecule has 0 fully saturated rings. The Morgan fingerprint density at radius 2 is 2.17 bits per heavy atom. The molecule has 3 heterocycles. The van der Waals surface area contributed by atoms with Crippen LogP contribution < -0.4 is 11.1 Å². The van der Waals surface area contributed by atoms with Gasteiger partial charge in [0.05, 0.1) is 24.7 Å². The molecular formula is C15H17FN6O. The number of rotatable bonds is 5.